The third-order valence-corrected chi connectivity index (χ3v) is 6.62. The molecule has 1 unspecified atom stereocenters. The lowest BCUT2D eigenvalue weighted by Gasteiger charge is -2.36. The Labute approximate surface area is 188 Å². The number of hydrogen-bond acceptors (Lipinski definition) is 2. The quantitative estimate of drug-likeness (QED) is 0.372. The van der Waals surface area contributed by atoms with E-state index in [0.717, 1.165) is 29.9 Å². The van der Waals surface area contributed by atoms with Gasteiger partial charge in [-0.2, -0.15) is 0 Å². The van der Waals surface area contributed by atoms with Gasteiger partial charge in [-0.3, -0.25) is 0 Å². The van der Waals surface area contributed by atoms with Gasteiger partial charge in [-0.05, 0) is 67.6 Å². The highest BCUT2D eigenvalue weighted by atomic mass is 35.5. The van der Waals surface area contributed by atoms with Gasteiger partial charge < -0.3 is 9.47 Å². The number of nitrogens with zero attached hydrogens (tertiary/aromatic N) is 3. The van der Waals surface area contributed by atoms with Crippen molar-refractivity contribution in [2.75, 3.05) is 11.4 Å². The lowest BCUT2D eigenvalue weighted by Crippen LogP contribution is -2.34. The molecule has 5 rings (SSSR count). The molecule has 1 aliphatic heterocycles. The van der Waals surface area contributed by atoms with E-state index in [2.05, 4.69) is 60.6 Å². The second-order valence-electron chi connectivity index (χ2n) is 8.28. The average Bonchev–Trinajstić information content (AvgIpc) is 2.99. The van der Waals surface area contributed by atoms with Crippen molar-refractivity contribution in [1.29, 1.82) is 0 Å². The molecule has 0 aliphatic carbocycles. The first-order valence-electron chi connectivity index (χ1n) is 10.6. The molecule has 1 aliphatic rings. The summed E-state index contributed by atoms with van der Waals surface area (Å²) < 4.78 is 16.1. The van der Waals surface area contributed by atoms with Gasteiger partial charge in [0, 0.05) is 30.4 Å². The Hall–Kier alpha value is -2.85. The summed E-state index contributed by atoms with van der Waals surface area (Å²) in [6.45, 7) is 8.14. The number of pyridine rings is 1. The van der Waals surface area contributed by atoms with E-state index >= 15 is 0 Å². The van der Waals surface area contributed by atoms with Crippen LogP contribution in [0.3, 0.4) is 0 Å². The average molecular weight is 436 g/mol. The highest BCUT2D eigenvalue weighted by Crippen LogP contribution is 2.38. The molecule has 1 atom stereocenters. The number of anilines is 1. The lowest BCUT2D eigenvalue weighted by atomic mass is 9.93. The summed E-state index contributed by atoms with van der Waals surface area (Å²) in [7, 11) is 0. The number of benzene rings is 2. The Kier molecular flexibility index (Phi) is 5.76. The molecule has 2 aromatic carbocycles. The van der Waals surface area contributed by atoms with Crippen LogP contribution in [0.5, 0.6) is 0 Å². The molecule has 0 spiro atoms. The lowest BCUT2D eigenvalue weighted by molar-refractivity contribution is 0.616. The van der Waals surface area contributed by atoms with Gasteiger partial charge >= 0.3 is 0 Å². The minimum atomic E-state index is -0.196. The molecule has 3 heterocycles. The molecule has 0 saturated carbocycles. The third-order valence-electron chi connectivity index (χ3n) is 6.62. The molecule has 4 aromatic rings. The summed E-state index contributed by atoms with van der Waals surface area (Å²) >= 11 is 0. The van der Waals surface area contributed by atoms with Crippen molar-refractivity contribution in [3.8, 4) is 0 Å². The Balaban J connectivity index is 0.00000231. The molecular weight excluding hydrogens is 409 g/mol. The van der Waals surface area contributed by atoms with Gasteiger partial charge in [0.15, 0.2) is 5.82 Å². The molecule has 2 aromatic heterocycles. The minimum absolute atomic E-state index is 0. The van der Waals surface area contributed by atoms with Crippen LogP contribution in [0.2, 0.25) is 0 Å². The first-order valence-corrected chi connectivity index (χ1v) is 10.6. The SMILES string of the molecule is Cc1c(C)n(Cc2cccc(F)c2)c2c(N3CCc4ccccc4C3C)nccc12.Cl. The zero-order valence-corrected chi connectivity index (χ0v) is 18.9. The normalized spacial score (nSPS) is 15.6. The predicted octanol–water partition coefficient (Wildman–Crippen LogP) is 6.39. The first kappa shape index (κ1) is 21.4. The van der Waals surface area contributed by atoms with Crippen LogP contribution in [-0.4, -0.2) is 16.1 Å². The van der Waals surface area contributed by atoms with Gasteiger partial charge in [-0.1, -0.05) is 36.4 Å². The zero-order chi connectivity index (χ0) is 20.8. The van der Waals surface area contributed by atoms with Crippen LogP contribution in [0.1, 0.15) is 40.9 Å². The fraction of sp³-hybridized carbons (Fsp3) is 0.269. The number of aryl methyl sites for hydroxylation is 1. The summed E-state index contributed by atoms with van der Waals surface area (Å²) in [6.07, 6.45) is 2.94. The van der Waals surface area contributed by atoms with Crippen molar-refractivity contribution in [3.63, 3.8) is 0 Å². The maximum absolute atomic E-state index is 13.8. The first-order chi connectivity index (χ1) is 14.5. The van der Waals surface area contributed by atoms with E-state index in [0.29, 0.717) is 6.54 Å². The fourth-order valence-corrected chi connectivity index (χ4v) is 4.86. The fourth-order valence-electron chi connectivity index (χ4n) is 4.86. The van der Waals surface area contributed by atoms with E-state index in [1.54, 1.807) is 12.1 Å². The minimum Gasteiger partial charge on any atom is -0.348 e. The smallest absolute Gasteiger partial charge is 0.153 e. The molecule has 160 valence electrons. The van der Waals surface area contributed by atoms with Crippen molar-refractivity contribution in [3.05, 3.63) is 94.6 Å². The standard InChI is InChI=1S/C26H26FN3.ClH/c1-17-18(2)30(16-20-7-6-9-22(27)15-20)25-23(17)11-13-28-26(25)29-14-12-21-8-4-5-10-24(21)19(29)3;/h4-11,13,15,19H,12,14,16H2,1-3H3;1H. The predicted molar refractivity (Wildman–Crippen MR) is 128 cm³/mol. The van der Waals surface area contributed by atoms with Crippen LogP contribution in [-0.2, 0) is 13.0 Å². The molecule has 5 heteroatoms. The summed E-state index contributed by atoms with van der Waals surface area (Å²) in [5, 5.41) is 1.22. The van der Waals surface area contributed by atoms with Gasteiger partial charge in [-0.25, -0.2) is 9.37 Å². The summed E-state index contributed by atoms with van der Waals surface area (Å²) in [4.78, 5) is 7.28. The monoisotopic (exact) mass is 435 g/mol. The molecular formula is C26H27ClFN3. The van der Waals surface area contributed by atoms with Crippen LogP contribution in [0.25, 0.3) is 10.9 Å². The van der Waals surface area contributed by atoms with Gasteiger partial charge in [0.2, 0.25) is 0 Å². The number of aromatic nitrogens is 2. The second-order valence-corrected chi connectivity index (χ2v) is 8.28. The van der Waals surface area contributed by atoms with E-state index < -0.39 is 0 Å². The maximum atomic E-state index is 13.8. The van der Waals surface area contributed by atoms with Crippen molar-refractivity contribution < 1.29 is 4.39 Å². The van der Waals surface area contributed by atoms with Gasteiger partial charge in [0.25, 0.3) is 0 Å². The van der Waals surface area contributed by atoms with Gasteiger partial charge in [-0.15, -0.1) is 12.4 Å². The molecule has 0 fully saturated rings. The molecule has 0 amide bonds. The van der Waals surface area contributed by atoms with Crippen LogP contribution in [0.15, 0.2) is 60.8 Å². The van der Waals surface area contributed by atoms with Crippen LogP contribution < -0.4 is 4.90 Å². The van der Waals surface area contributed by atoms with Crippen LogP contribution >= 0.6 is 12.4 Å². The van der Waals surface area contributed by atoms with E-state index in [1.807, 2.05) is 12.3 Å². The molecule has 0 bridgehead atoms. The Morgan fingerprint density at radius 3 is 2.68 bits per heavy atom. The maximum Gasteiger partial charge on any atom is 0.153 e. The Morgan fingerprint density at radius 1 is 1.06 bits per heavy atom. The largest absolute Gasteiger partial charge is 0.348 e. The topological polar surface area (TPSA) is 21.1 Å². The Morgan fingerprint density at radius 2 is 1.87 bits per heavy atom. The molecule has 0 N–H and O–H groups in total. The molecule has 31 heavy (non-hydrogen) atoms. The summed E-state index contributed by atoms with van der Waals surface area (Å²) in [5.74, 6) is 0.819. The van der Waals surface area contributed by atoms with Crippen molar-refractivity contribution in [1.82, 2.24) is 9.55 Å². The molecule has 0 saturated heterocycles. The zero-order valence-electron chi connectivity index (χ0n) is 18.1. The highest BCUT2D eigenvalue weighted by Gasteiger charge is 2.27. The second kappa shape index (κ2) is 8.35. The number of halogens is 2. The van der Waals surface area contributed by atoms with E-state index in [4.69, 9.17) is 4.98 Å². The van der Waals surface area contributed by atoms with Crippen LogP contribution in [0, 0.1) is 19.7 Å². The highest BCUT2D eigenvalue weighted by molar-refractivity contribution is 5.94. The van der Waals surface area contributed by atoms with Crippen molar-refractivity contribution in [2.24, 2.45) is 0 Å². The summed E-state index contributed by atoms with van der Waals surface area (Å²) in [5.41, 5.74) is 7.36. The number of hydrogen-bond donors (Lipinski definition) is 0. The molecule has 3 nitrogen and oxygen atoms in total. The third kappa shape index (κ3) is 3.59. The van der Waals surface area contributed by atoms with Gasteiger partial charge in [0.05, 0.1) is 11.6 Å². The van der Waals surface area contributed by atoms with E-state index in [9.17, 15) is 4.39 Å². The van der Waals surface area contributed by atoms with Crippen molar-refractivity contribution in [2.45, 2.75) is 39.8 Å². The van der Waals surface area contributed by atoms with Crippen LogP contribution in [0.4, 0.5) is 10.2 Å². The van der Waals surface area contributed by atoms with E-state index in [1.165, 1.54) is 33.8 Å². The number of fused-ring (bicyclic) bond motifs is 2. The number of rotatable bonds is 3. The van der Waals surface area contributed by atoms with Crippen molar-refractivity contribution >= 4 is 29.1 Å². The molecule has 0 radical (unpaired) electrons. The van der Waals surface area contributed by atoms with E-state index in [-0.39, 0.29) is 24.3 Å². The Bertz CT molecular complexity index is 1250. The summed E-state index contributed by atoms with van der Waals surface area (Å²) in [6, 6.07) is 17.9. The van der Waals surface area contributed by atoms with Gasteiger partial charge in [0.1, 0.15) is 5.82 Å².